The molecule has 0 radical (unpaired) electrons. The van der Waals surface area contributed by atoms with Gasteiger partial charge in [-0.1, -0.05) is 6.07 Å². The van der Waals surface area contributed by atoms with Gasteiger partial charge in [-0.25, -0.2) is 0 Å². The summed E-state index contributed by atoms with van der Waals surface area (Å²) < 4.78 is 15.7. The Hall–Kier alpha value is -1.30. The van der Waals surface area contributed by atoms with E-state index >= 15 is 0 Å². The van der Waals surface area contributed by atoms with Crippen molar-refractivity contribution in [3.05, 3.63) is 23.8 Å². The first-order valence-corrected chi connectivity index (χ1v) is 6.27. The summed E-state index contributed by atoms with van der Waals surface area (Å²) in [6.07, 6.45) is -0.648. The largest absolute Gasteiger partial charge is 0.493 e. The number of benzene rings is 1. The fraction of sp³-hybridized carbons (Fsp3) is 0.571. The lowest BCUT2D eigenvalue weighted by Crippen LogP contribution is -2.22. The Morgan fingerprint density at radius 2 is 1.95 bits per heavy atom. The van der Waals surface area contributed by atoms with Crippen LogP contribution < -0.4 is 14.8 Å². The maximum atomic E-state index is 9.55. The van der Waals surface area contributed by atoms with E-state index in [1.807, 2.05) is 25.2 Å². The molecular formula is C14H23NO4. The number of methoxy groups -OCH3 is 2. The molecule has 5 nitrogen and oxygen atoms in total. The SMILES string of the molecule is CNC(C)c1ccc(OCC(O)COC)c(OC)c1. The van der Waals surface area contributed by atoms with Crippen molar-refractivity contribution >= 4 is 0 Å². The standard InChI is InChI=1S/C14H23NO4/c1-10(15-2)11-5-6-13(14(7-11)18-4)19-9-12(16)8-17-3/h5-7,10,12,15-16H,8-9H2,1-4H3. The van der Waals surface area contributed by atoms with Crippen molar-refractivity contribution in [2.75, 3.05) is 34.5 Å². The molecule has 108 valence electrons. The highest BCUT2D eigenvalue weighted by Gasteiger charge is 2.11. The van der Waals surface area contributed by atoms with Gasteiger partial charge in [-0.05, 0) is 31.7 Å². The first-order chi connectivity index (χ1) is 9.12. The second-order valence-electron chi connectivity index (χ2n) is 4.34. The molecule has 0 aliphatic heterocycles. The van der Waals surface area contributed by atoms with Crippen molar-refractivity contribution in [1.29, 1.82) is 0 Å². The van der Waals surface area contributed by atoms with Crippen LogP contribution in [-0.4, -0.2) is 45.7 Å². The third-order valence-corrected chi connectivity index (χ3v) is 2.91. The van der Waals surface area contributed by atoms with Crippen LogP contribution in [0.25, 0.3) is 0 Å². The van der Waals surface area contributed by atoms with Crippen LogP contribution in [0.3, 0.4) is 0 Å². The lowest BCUT2D eigenvalue weighted by molar-refractivity contribution is 0.0319. The van der Waals surface area contributed by atoms with Gasteiger partial charge < -0.3 is 24.6 Å². The quantitative estimate of drug-likeness (QED) is 0.746. The molecule has 19 heavy (non-hydrogen) atoms. The number of hydrogen-bond acceptors (Lipinski definition) is 5. The molecule has 0 aromatic heterocycles. The van der Waals surface area contributed by atoms with Crippen molar-refractivity contribution in [1.82, 2.24) is 5.32 Å². The Morgan fingerprint density at radius 1 is 1.21 bits per heavy atom. The third-order valence-electron chi connectivity index (χ3n) is 2.91. The fourth-order valence-electron chi connectivity index (χ4n) is 1.67. The Kier molecular flexibility index (Phi) is 6.62. The molecule has 2 unspecified atom stereocenters. The van der Waals surface area contributed by atoms with Crippen molar-refractivity contribution in [3.8, 4) is 11.5 Å². The van der Waals surface area contributed by atoms with Gasteiger partial charge in [0.2, 0.25) is 0 Å². The first kappa shape index (κ1) is 15.8. The van der Waals surface area contributed by atoms with E-state index in [9.17, 15) is 5.11 Å². The van der Waals surface area contributed by atoms with Gasteiger partial charge in [0.05, 0.1) is 13.7 Å². The van der Waals surface area contributed by atoms with Gasteiger partial charge in [0.25, 0.3) is 0 Å². The molecular weight excluding hydrogens is 246 g/mol. The highest BCUT2D eigenvalue weighted by molar-refractivity contribution is 5.43. The topological polar surface area (TPSA) is 60.0 Å². The van der Waals surface area contributed by atoms with E-state index in [0.717, 1.165) is 5.56 Å². The molecule has 2 atom stereocenters. The summed E-state index contributed by atoms with van der Waals surface area (Å²) in [6.45, 7) is 2.49. The lowest BCUT2D eigenvalue weighted by atomic mass is 10.1. The van der Waals surface area contributed by atoms with Crippen LogP contribution in [0.15, 0.2) is 18.2 Å². The summed E-state index contributed by atoms with van der Waals surface area (Å²) in [4.78, 5) is 0. The molecule has 0 aliphatic carbocycles. The average molecular weight is 269 g/mol. The van der Waals surface area contributed by atoms with Crippen LogP contribution in [-0.2, 0) is 4.74 Å². The van der Waals surface area contributed by atoms with Gasteiger partial charge >= 0.3 is 0 Å². The minimum Gasteiger partial charge on any atom is -0.493 e. The van der Waals surface area contributed by atoms with Crippen molar-refractivity contribution in [2.24, 2.45) is 0 Å². The number of aliphatic hydroxyl groups excluding tert-OH is 1. The number of nitrogens with one attached hydrogen (secondary N) is 1. The number of aliphatic hydroxyl groups is 1. The Morgan fingerprint density at radius 3 is 2.53 bits per heavy atom. The van der Waals surface area contributed by atoms with Crippen LogP contribution in [0.4, 0.5) is 0 Å². The van der Waals surface area contributed by atoms with Gasteiger partial charge in [0.15, 0.2) is 11.5 Å². The van der Waals surface area contributed by atoms with Crippen molar-refractivity contribution < 1.29 is 19.3 Å². The zero-order valence-electron chi connectivity index (χ0n) is 12.0. The molecule has 0 aliphatic rings. The predicted molar refractivity (Wildman–Crippen MR) is 73.8 cm³/mol. The van der Waals surface area contributed by atoms with Crippen LogP contribution in [0, 0.1) is 0 Å². The number of hydrogen-bond donors (Lipinski definition) is 2. The molecule has 5 heteroatoms. The molecule has 0 bridgehead atoms. The van der Waals surface area contributed by atoms with Crippen molar-refractivity contribution in [2.45, 2.75) is 19.1 Å². The first-order valence-electron chi connectivity index (χ1n) is 6.27. The van der Waals surface area contributed by atoms with Gasteiger partial charge in [-0.3, -0.25) is 0 Å². The van der Waals surface area contributed by atoms with Gasteiger partial charge in [0, 0.05) is 13.2 Å². The molecule has 0 amide bonds. The summed E-state index contributed by atoms with van der Waals surface area (Å²) in [7, 11) is 5.04. The fourth-order valence-corrected chi connectivity index (χ4v) is 1.67. The van der Waals surface area contributed by atoms with E-state index in [-0.39, 0.29) is 19.3 Å². The summed E-state index contributed by atoms with van der Waals surface area (Å²) in [6, 6.07) is 5.99. The minimum atomic E-state index is -0.648. The summed E-state index contributed by atoms with van der Waals surface area (Å²) >= 11 is 0. The average Bonchev–Trinajstić information content (AvgIpc) is 2.44. The van der Waals surface area contributed by atoms with Crippen LogP contribution >= 0.6 is 0 Å². The van der Waals surface area contributed by atoms with Gasteiger partial charge in [-0.2, -0.15) is 0 Å². The molecule has 1 rings (SSSR count). The minimum absolute atomic E-state index is 0.172. The second kappa shape index (κ2) is 7.99. The Balaban J connectivity index is 2.73. The number of ether oxygens (including phenoxy) is 3. The monoisotopic (exact) mass is 269 g/mol. The summed E-state index contributed by atoms with van der Waals surface area (Å²) in [5.41, 5.74) is 1.11. The zero-order valence-corrected chi connectivity index (χ0v) is 12.0. The van der Waals surface area contributed by atoms with E-state index < -0.39 is 6.10 Å². The van der Waals surface area contributed by atoms with Crippen LogP contribution in [0.2, 0.25) is 0 Å². The van der Waals surface area contributed by atoms with E-state index in [0.29, 0.717) is 11.5 Å². The van der Waals surface area contributed by atoms with Gasteiger partial charge in [0.1, 0.15) is 12.7 Å². The lowest BCUT2D eigenvalue weighted by Gasteiger charge is -2.16. The molecule has 2 N–H and O–H groups in total. The molecule has 0 fully saturated rings. The summed E-state index contributed by atoms with van der Waals surface area (Å²) in [5.74, 6) is 1.27. The van der Waals surface area contributed by atoms with E-state index in [1.54, 1.807) is 7.11 Å². The molecule has 1 aromatic rings. The van der Waals surface area contributed by atoms with E-state index in [1.165, 1.54) is 7.11 Å². The van der Waals surface area contributed by atoms with Gasteiger partial charge in [-0.15, -0.1) is 0 Å². The van der Waals surface area contributed by atoms with Crippen LogP contribution in [0.5, 0.6) is 11.5 Å². The van der Waals surface area contributed by atoms with E-state index in [2.05, 4.69) is 12.2 Å². The predicted octanol–water partition coefficient (Wildman–Crippen LogP) is 1.36. The smallest absolute Gasteiger partial charge is 0.161 e. The molecule has 0 spiro atoms. The molecule has 0 saturated heterocycles. The van der Waals surface area contributed by atoms with Crippen molar-refractivity contribution in [3.63, 3.8) is 0 Å². The Labute approximate surface area is 114 Å². The summed E-state index contributed by atoms with van der Waals surface area (Å²) in [5, 5.41) is 12.7. The normalized spacial score (nSPS) is 13.9. The number of rotatable bonds is 8. The Bertz CT molecular complexity index is 384. The van der Waals surface area contributed by atoms with Crippen LogP contribution in [0.1, 0.15) is 18.5 Å². The molecule has 0 heterocycles. The second-order valence-corrected chi connectivity index (χ2v) is 4.34. The third kappa shape index (κ3) is 4.70. The highest BCUT2D eigenvalue weighted by Crippen LogP contribution is 2.30. The zero-order chi connectivity index (χ0) is 14.3. The molecule has 0 saturated carbocycles. The molecule has 1 aromatic carbocycles. The maximum Gasteiger partial charge on any atom is 0.161 e. The maximum absolute atomic E-state index is 9.55. The van der Waals surface area contributed by atoms with E-state index in [4.69, 9.17) is 14.2 Å². The highest BCUT2D eigenvalue weighted by atomic mass is 16.5.